The van der Waals surface area contributed by atoms with Gasteiger partial charge in [-0.15, -0.1) is 0 Å². The molecule has 2 atom stereocenters. The highest BCUT2D eigenvalue weighted by molar-refractivity contribution is 5.30. The molecule has 0 radical (unpaired) electrons. The lowest BCUT2D eigenvalue weighted by atomic mass is 9.95. The molecule has 0 aliphatic carbocycles. The van der Waals surface area contributed by atoms with E-state index in [1.165, 1.54) is 5.56 Å². The van der Waals surface area contributed by atoms with Gasteiger partial charge in [-0.3, -0.25) is 4.90 Å². The monoisotopic (exact) mass is 278 g/mol. The minimum atomic E-state index is 0.168. The number of nitrogens with zero attached hydrogens (tertiary/aromatic N) is 1. The lowest BCUT2D eigenvalue weighted by Crippen LogP contribution is -2.41. The third-order valence-electron chi connectivity index (χ3n) is 3.75. The number of methoxy groups -OCH3 is 1. The molecule has 0 aliphatic heterocycles. The summed E-state index contributed by atoms with van der Waals surface area (Å²) >= 11 is 0. The molecule has 2 N–H and O–H groups in total. The summed E-state index contributed by atoms with van der Waals surface area (Å²) in [6.45, 7) is 8.81. The first-order valence-electron chi connectivity index (χ1n) is 7.81. The van der Waals surface area contributed by atoms with Crippen LogP contribution in [0.4, 0.5) is 0 Å². The van der Waals surface area contributed by atoms with Crippen LogP contribution < -0.4 is 10.5 Å². The van der Waals surface area contributed by atoms with Gasteiger partial charge in [0.1, 0.15) is 5.75 Å². The van der Waals surface area contributed by atoms with E-state index in [1.807, 2.05) is 12.1 Å². The van der Waals surface area contributed by atoms with E-state index in [-0.39, 0.29) is 6.04 Å². The van der Waals surface area contributed by atoms with Gasteiger partial charge in [0.2, 0.25) is 0 Å². The zero-order valence-corrected chi connectivity index (χ0v) is 13.4. The van der Waals surface area contributed by atoms with Crippen molar-refractivity contribution in [1.29, 1.82) is 0 Å². The van der Waals surface area contributed by atoms with Crippen molar-refractivity contribution in [2.75, 3.05) is 20.2 Å². The van der Waals surface area contributed by atoms with Crippen LogP contribution in [0.1, 0.15) is 51.6 Å². The summed E-state index contributed by atoms with van der Waals surface area (Å²) in [6, 6.07) is 8.82. The van der Waals surface area contributed by atoms with Crippen molar-refractivity contribution in [2.45, 2.75) is 52.1 Å². The predicted octanol–water partition coefficient (Wildman–Crippen LogP) is 3.60. The maximum atomic E-state index is 6.41. The largest absolute Gasteiger partial charge is 0.497 e. The SMILES string of the molecule is CCCN(CCC)C(c1ccc(OC)cc1)C(N)CC. The van der Waals surface area contributed by atoms with E-state index < -0.39 is 0 Å². The van der Waals surface area contributed by atoms with Crippen LogP contribution in [0.3, 0.4) is 0 Å². The van der Waals surface area contributed by atoms with Crippen LogP contribution in [-0.2, 0) is 0 Å². The molecule has 3 nitrogen and oxygen atoms in total. The van der Waals surface area contributed by atoms with Crippen LogP contribution in [-0.4, -0.2) is 31.1 Å². The van der Waals surface area contributed by atoms with Crippen molar-refractivity contribution >= 4 is 0 Å². The topological polar surface area (TPSA) is 38.5 Å². The van der Waals surface area contributed by atoms with Crippen LogP contribution in [0.5, 0.6) is 5.75 Å². The summed E-state index contributed by atoms with van der Waals surface area (Å²) in [6.07, 6.45) is 3.30. The van der Waals surface area contributed by atoms with Gasteiger partial charge in [-0.2, -0.15) is 0 Å². The Labute approximate surface area is 124 Å². The summed E-state index contributed by atoms with van der Waals surface area (Å²) in [5, 5.41) is 0. The molecule has 0 aromatic heterocycles. The molecule has 0 spiro atoms. The fourth-order valence-corrected chi connectivity index (χ4v) is 2.72. The van der Waals surface area contributed by atoms with E-state index in [2.05, 4.69) is 37.8 Å². The summed E-state index contributed by atoms with van der Waals surface area (Å²) in [5.41, 5.74) is 7.70. The fraction of sp³-hybridized carbons (Fsp3) is 0.647. The molecular formula is C17H30N2O. The lowest BCUT2D eigenvalue weighted by molar-refractivity contribution is 0.169. The van der Waals surface area contributed by atoms with Crippen LogP contribution >= 0.6 is 0 Å². The Kier molecular flexibility index (Phi) is 7.63. The molecule has 1 rings (SSSR count). The number of rotatable bonds is 9. The van der Waals surface area contributed by atoms with E-state index in [0.717, 1.165) is 38.1 Å². The van der Waals surface area contributed by atoms with E-state index in [1.54, 1.807) is 7.11 Å². The van der Waals surface area contributed by atoms with Crippen molar-refractivity contribution in [3.8, 4) is 5.75 Å². The molecule has 0 amide bonds. The normalized spacial score (nSPS) is 14.3. The second-order valence-corrected chi connectivity index (χ2v) is 5.33. The van der Waals surface area contributed by atoms with Crippen molar-refractivity contribution in [3.63, 3.8) is 0 Å². The Morgan fingerprint density at radius 2 is 1.60 bits per heavy atom. The third-order valence-corrected chi connectivity index (χ3v) is 3.75. The van der Waals surface area contributed by atoms with Crippen LogP contribution in [0.15, 0.2) is 24.3 Å². The molecular weight excluding hydrogens is 248 g/mol. The average molecular weight is 278 g/mol. The molecule has 0 saturated heterocycles. The minimum absolute atomic E-state index is 0.168. The van der Waals surface area contributed by atoms with Gasteiger partial charge in [0, 0.05) is 12.1 Å². The maximum absolute atomic E-state index is 6.41. The summed E-state index contributed by atoms with van der Waals surface area (Å²) in [5.74, 6) is 0.898. The Hall–Kier alpha value is -1.06. The molecule has 1 aromatic rings. The Morgan fingerprint density at radius 3 is 2.00 bits per heavy atom. The molecule has 20 heavy (non-hydrogen) atoms. The zero-order valence-electron chi connectivity index (χ0n) is 13.4. The number of nitrogens with two attached hydrogens (primary N) is 1. The third kappa shape index (κ3) is 4.50. The van der Waals surface area contributed by atoms with Gasteiger partial charge in [0.15, 0.2) is 0 Å². The molecule has 1 aromatic carbocycles. The second kappa shape index (κ2) is 8.98. The van der Waals surface area contributed by atoms with Gasteiger partial charge < -0.3 is 10.5 Å². The lowest BCUT2D eigenvalue weighted by Gasteiger charge is -2.35. The molecule has 0 heterocycles. The van der Waals surface area contributed by atoms with Gasteiger partial charge in [0.05, 0.1) is 7.11 Å². The van der Waals surface area contributed by atoms with Gasteiger partial charge in [-0.25, -0.2) is 0 Å². The smallest absolute Gasteiger partial charge is 0.118 e. The number of hydrogen-bond donors (Lipinski definition) is 1. The maximum Gasteiger partial charge on any atom is 0.118 e. The highest BCUT2D eigenvalue weighted by atomic mass is 16.5. The van der Waals surface area contributed by atoms with Gasteiger partial charge in [-0.1, -0.05) is 32.9 Å². The van der Waals surface area contributed by atoms with Crippen molar-refractivity contribution < 1.29 is 4.74 Å². The molecule has 3 heteroatoms. The number of hydrogen-bond acceptors (Lipinski definition) is 3. The van der Waals surface area contributed by atoms with Crippen molar-refractivity contribution in [3.05, 3.63) is 29.8 Å². The van der Waals surface area contributed by atoms with Crippen LogP contribution in [0.25, 0.3) is 0 Å². The highest BCUT2D eigenvalue weighted by Crippen LogP contribution is 2.27. The van der Waals surface area contributed by atoms with E-state index >= 15 is 0 Å². The first-order chi connectivity index (χ1) is 9.67. The molecule has 114 valence electrons. The summed E-state index contributed by atoms with van der Waals surface area (Å²) in [4.78, 5) is 2.52. The van der Waals surface area contributed by atoms with Crippen LogP contribution in [0, 0.1) is 0 Å². The Bertz CT molecular complexity index is 358. The molecule has 0 saturated carbocycles. The Morgan fingerprint density at radius 1 is 1.05 bits per heavy atom. The van der Waals surface area contributed by atoms with E-state index in [4.69, 9.17) is 10.5 Å². The van der Waals surface area contributed by atoms with Gasteiger partial charge >= 0.3 is 0 Å². The molecule has 2 unspecified atom stereocenters. The fourth-order valence-electron chi connectivity index (χ4n) is 2.72. The van der Waals surface area contributed by atoms with Gasteiger partial charge in [-0.05, 0) is 50.0 Å². The standard InChI is InChI=1S/C17H30N2O/c1-5-12-19(13-6-2)17(16(18)7-3)14-8-10-15(20-4)11-9-14/h8-11,16-17H,5-7,12-13,18H2,1-4H3. The first kappa shape index (κ1) is 17.0. The average Bonchev–Trinajstić information content (AvgIpc) is 2.48. The number of ether oxygens (including phenoxy) is 1. The van der Waals surface area contributed by atoms with Crippen molar-refractivity contribution in [1.82, 2.24) is 4.90 Å². The molecule has 0 aliphatic rings. The van der Waals surface area contributed by atoms with E-state index in [9.17, 15) is 0 Å². The highest BCUT2D eigenvalue weighted by Gasteiger charge is 2.24. The van der Waals surface area contributed by atoms with Crippen molar-refractivity contribution in [2.24, 2.45) is 5.73 Å². The van der Waals surface area contributed by atoms with Gasteiger partial charge in [0.25, 0.3) is 0 Å². The quantitative estimate of drug-likeness (QED) is 0.750. The van der Waals surface area contributed by atoms with Crippen LogP contribution in [0.2, 0.25) is 0 Å². The first-order valence-corrected chi connectivity index (χ1v) is 7.81. The summed E-state index contributed by atoms with van der Waals surface area (Å²) in [7, 11) is 1.70. The predicted molar refractivity (Wildman–Crippen MR) is 86.2 cm³/mol. The zero-order chi connectivity index (χ0) is 15.0. The summed E-state index contributed by atoms with van der Waals surface area (Å²) < 4.78 is 5.25. The molecule has 0 bridgehead atoms. The Balaban J connectivity index is 3.01. The second-order valence-electron chi connectivity index (χ2n) is 5.33. The van der Waals surface area contributed by atoms with E-state index in [0.29, 0.717) is 6.04 Å². The minimum Gasteiger partial charge on any atom is -0.497 e. The molecule has 0 fully saturated rings. The number of benzene rings is 1.